The summed E-state index contributed by atoms with van der Waals surface area (Å²) in [5.41, 5.74) is 4.94. The van der Waals surface area contributed by atoms with E-state index >= 15 is 0 Å². The molecule has 0 heterocycles. The van der Waals surface area contributed by atoms with Crippen molar-refractivity contribution in [3.05, 3.63) is 23.8 Å². The Morgan fingerprint density at radius 1 is 1.28 bits per heavy atom. The fraction of sp³-hybridized carbons (Fsp3) is 0.273. The molecule has 1 aromatic carbocycles. The first-order chi connectivity index (χ1) is 8.34. The van der Waals surface area contributed by atoms with Crippen LogP contribution in [0.25, 0.3) is 0 Å². The van der Waals surface area contributed by atoms with Crippen LogP contribution in [-0.4, -0.2) is 44.3 Å². The van der Waals surface area contributed by atoms with Crippen molar-refractivity contribution < 1.29 is 30.0 Å². The number of aliphatic carboxylic acids is 1. The second kappa shape index (κ2) is 5.48. The van der Waals surface area contributed by atoms with E-state index in [1.807, 2.05) is 0 Å². The van der Waals surface area contributed by atoms with Crippen LogP contribution < -0.4 is 5.73 Å². The van der Waals surface area contributed by atoms with E-state index in [2.05, 4.69) is 0 Å². The number of carbonyl (C=O) groups is 2. The SMILES string of the molecule is N[C@H](C(=O)O)[C@H](O)CC(=O)c1cccc(O)c1O. The summed E-state index contributed by atoms with van der Waals surface area (Å²) in [6.07, 6.45) is -2.14. The minimum atomic E-state index is -1.59. The van der Waals surface area contributed by atoms with Crippen molar-refractivity contribution in [1.82, 2.24) is 0 Å². The zero-order valence-electron chi connectivity index (χ0n) is 9.28. The molecule has 98 valence electrons. The highest BCUT2D eigenvalue weighted by molar-refractivity contribution is 5.99. The molecule has 0 unspecified atom stereocenters. The molecule has 7 heteroatoms. The molecule has 0 saturated carbocycles. The molecule has 1 aromatic rings. The van der Waals surface area contributed by atoms with E-state index in [4.69, 9.17) is 10.8 Å². The first-order valence-corrected chi connectivity index (χ1v) is 5.05. The molecule has 0 bridgehead atoms. The monoisotopic (exact) mass is 255 g/mol. The first kappa shape index (κ1) is 13.9. The number of aromatic hydroxyl groups is 2. The number of phenols is 2. The van der Waals surface area contributed by atoms with Gasteiger partial charge in [-0.3, -0.25) is 9.59 Å². The maximum Gasteiger partial charge on any atom is 0.323 e. The van der Waals surface area contributed by atoms with Crippen molar-refractivity contribution >= 4 is 11.8 Å². The Kier molecular flexibility index (Phi) is 4.24. The number of carboxylic acids is 1. The summed E-state index contributed by atoms with van der Waals surface area (Å²) < 4.78 is 0. The number of aliphatic hydroxyl groups excluding tert-OH is 1. The van der Waals surface area contributed by atoms with Crippen LogP contribution in [0.5, 0.6) is 11.5 Å². The van der Waals surface area contributed by atoms with E-state index in [1.165, 1.54) is 18.2 Å². The fourth-order valence-corrected chi connectivity index (χ4v) is 1.35. The van der Waals surface area contributed by atoms with Crippen molar-refractivity contribution in [1.29, 1.82) is 0 Å². The molecule has 0 spiro atoms. The number of carbonyl (C=O) groups excluding carboxylic acids is 1. The predicted molar refractivity (Wildman–Crippen MR) is 60.3 cm³/mol. The van der Waals surface area contributed by atoms with Gasteiger partial charge in [-0.2, -0.15) is 0 Å². The minimum absolute atomic E-state index is 0.202. The Bertz CT molecular complexity index is 473. The van der Waals surface area contributed by atoms with Gasteiger partial charge in [-0.25, -0.2) is 0 Å². The lowest BCUT2D eigenvalue weighted by Crippen LogP contribution is -2.42. The van der Waals surface area contributed by atoms with Gasteiger partial charge in [-0.1, -0.05) is 6.07 Å². The maximum atomic E-state index is 11.7. The summed E-state index contributed by atoms with van der Waals surface area (Å²) in [5.74, 6) is -3.24. The van der Waals surface area contributed by atoms with Gasteiger partial charge in [0.15, 0.2) is 17.3 Å². The molecule has 0 aliphatic heterocycles. The van der Waals surface area contributed by atoms with Crippen molar-refractivity contribution in [2.24, 2.45) is 5.73 Å². The Balaban J connectivity index is 2.83. The number of hydrogen-bond acceptors (Lipinski definition) is 6. The number of phenolic OH excluding ortho intramolecular Hbond substituents is 2. The van der Waals surface area contributed by atoms with Crippen molar-refractivity contribution in [3.63, 3.8) is 0 Å². The standard InChI is InChI=1S/C11H13NO6/c12-9(11(17)18)8(15)4-7(14)5-2-1-3-6(13)10(5)16/h1-3,8-9,13,15-16H,4,12H2,(H,17,18)/t8-,9+/m1/s1. The third-order valence-electron chi connectivity index (χ3n) is 2.41. The van der Waals surface area contributed by atoms with E-state index in [-0.39, 0.29) is 5.56 Å². The van der Waals surface area contributed by atoms with E-state index in [0.29, 0.717) is 0 Å². The third-order valence-corrected chi connectivity index (χ3v) is 2.41. The topological polar surface area (TPSA) is 141 Å². The van der Waals surface area contributed by atoms with E-state index < -0.39 is 41.8 Å². The van der Waals surface area contributed by atoms with Crippen molar-refractivity contribution in [2.45, 2.75) is 18.6 Å². The Labute approximate surface area is 102 Å². The Hall–Kier alpha value is -2.12. The molecular weight excluding hydrogens is 242 g/mol. The second-order valence-corrected chi connectivity index (χ2v) is 3.73. The van der Waals surface area contributed by atoms with Gasteiger partial charge in [-0.15, -0.1) is 0 Å². The van der Waals surface area contributed by atoms with Crippen LogP contribution in [0.2, 0.25) is 0 Å². The predicted octanol–water partition coefficient (Wildman–Crippen LogP) is -0.557. The number of aliphatic hydroxyl groups is 1. The van der Waals surface area contributed by atoms with Crippen LogP contribution in [0.3, 0.4) is 0 Å². The lowest BCUT2D eigenvalue weighted by atomic mass is 10.0. The van der Waals surface area contributed by atoms with Crippen LogP contribution in [0.15, 0.2) is 18.2 Å². The number of carboxylic acid groups (broad SMARTS) is 1. The summed E-state index contributed by atoms with van der Waals surface area (Å²) in [5, 5.41) is 36.6. The zero-order valence-corrected chi connectivity index (χ0v) is 9.28. The molecule has 7 nitrogen and oxygen atoms in total. The maximum absolute atomic E-state index is 11.7. The average Bonchev–Trinajstić information content (AvgIpc) is 2.31. The van der Waals surface area contributed by atoms with E-state index in [9.17, 15) is 24.9 Å². The number of Topliss-reactive ketones (excluding diaryl/α,β-unsaturated/α-hetero) is 1. The summed E-state index contributed by atoms with van der Waals surface area (Å²) in [4.78, 5) is 22.2. The number of para-hydroxylation sites is 1. The first-order valence-electron chi connectivity index (χ1n) is 5.05. The molecule has 0 aromatic heterocycles. The number of hydrogen-bond donors (Lipinski definition) is 5. The third kappa shape index (κ3) is 2.96. The lowest BCUT2D eigenvalue weighted by molar-refractivity contribution is -0.141. The summed E-state index contributed by atoms with van der Waals surface area (Å²) >= 11 is 0. The number of ketones is 1. The van der Waals surface area contributed by atoms with Gasteiger partial charge in [0.1, 0.15) is 6.04 Å². The van der Waals surface area contributed by atoms with Crippen LogP contribution in [-0.2, 0) is 4.79 Å². The summed E-state index contributed by atoms with van der Waals surface area (Å²) in [7, 11) is 0. The van der Waals surface area contributed by atoms with Crippen molar-refractivity contribution in [2.75, 3.05) is 0 Å². The van der Waals surface area contributed by atoms with E-state index in [1.54, 1.807) is 0 Å². The fourth-order valence-electron chi connectivity index (χ4n) is 1.35. The van der Waals surface area contributed by atoms with Gasteiger partial charge >= 0.3 is 5.97 Å². The van der Waals surface area contributed by atoms with Crippen LogP contribution in [0, 0.1) is 0 Å². The molecule has 0 amide bonds. The summed E-state index contributed by atoms with van der Waals surface area (Å²) in [6.45, 7) is 0. The minimum Gasteiger partial charge on any atom is -0.504 e. The summed E-state index contributed by atoms with van der Waals surface area (Å²) in [6, 6.07) is 2.18. The van der Waals surface area contributed by atoms with Gasteiger partial charge in [0.05, 0.1) is 11.7 Å². The Morgan fingerprint density at radius 3 is 2.44 bits per heavy atom. The van der Waals surface area contributed by atoms with Gasteiger partial charge in [0, 0.05) is 6.42 Å². The highest BCUT2D eigenvalue weighted by Crippen LogP contribution is 2.29. The quantitative estimate of drug-likeness (QED) is 0.351. The number of rotatable bonds is 5. The van der Waals surface area contributed by atoms with Gasteiger partial charge in [-0.05, 0) is 12.1 Å². The smallest absolute Gasteiger partial charge is 0.323 e. The molecule has 6 N–H and O–H groups in total. The molecule has 0 fully saturated rings. The van der Waals surface area contributed by atoms with Gasteiger partial charge in [0.25, 0.3) is 0 Å². The lowest BCUT2D eigenvalue weighted by Gasteiger charge is -2.14. The molecule has 2 atom stereocenters. The number of nitrogens with two attached hydrogens (primary N) is 1. The molecule has 0 saturated heterocycles. The highest BCUT2D eigenvalue weighted by Gasteiger charge is 2.26. The second-order valence-electron chi connectivity index (χ2n) is 3.73. The van der Waals surface area contributed by atoms with Crippen LogP contribution >= 0.6 is 0 Å². The molecule has 18 heavy (non-hydrogen) atoms. The van der Waals surface area contributed by atoms with E-state index in [0.717, 1.165) is 0 Å². The largest absolute Gasteiger partial charge is 0.504 e. The normalized spacial score (nSPS) is 13.9. The van der Waals surface area contributed by atoms with Gasteiger partial charge in [0.2, 0.25) is 0 Å². The molecule has 0 aliphatic rings. The molecular formula is C11H13NO6. The highest BCUT2D eigenvalue weighted by atomic mass is 16.4. The molecule has 0 aliphatic carbocycles. The Morgan fingerprint density at radius 2 is 1.89 bits per heavy atom. The number of benzene rings is 1. The molecule has 1 rings (SSSR count). The van der Waals surface area contributed by atoms with Crippen LogP contribution in [0.4, 0.5) is 0 Å². The average molecular weight is 255 g/mol. The molecule has 0 radical (unpaired) electrons. The zero-order chi connectivity index (χ0) is 13.9. The van der Waals surface area contributed by atoms with Crippen LogP contribution in [0.1, 0.15) is 16.8 Å². The van der Waals surface area contributed by atoms with Gasteiger partial charge < -0.3 is 26.2 Å². The van der Waals surface area contributed by atoms with Crippen molar-refractivity contribution in [3.8, 4) is 11.5 Å².